The van der Waals surface area contributed by atoms with Crippen LogP contribution in [0.1, 0.15) is 22.9 Å². The number of hydrogen-bond donors (Lipinski definition) is 1. The van der Waals surface area contributed by atoms with Crippen molar-refractivity contribution in [2.24, 2.45) is 4.99 Å². The van der Waals surface area contributed by atoms with Crippen LogP contribution in [0.25, 0.3) is 58.8 Å². The van der Waals surface area contributed by atoms with E-state index in [1.54, 1.807) is 0 Å². The van der Waals surface area contributed by atoms with Crippen LogP contribution in [0, 0.1) is 0 Å². The monoisotopic (exact) mass is 631 g/mol. The molecular formula is C44H29N3S. The fourth-order valence-electron chi connectivity index (χ4n) is 7.37. The Balaban J connectivity index is 1.21. The Kier molecular flexibility index (Phi) is 6.11. The van der Waals surface area contributed by atoms with Gasteiger partial charge in [0.1, 0.15) is 6.17 Å². The van der Waals surface area contributed by atoms with E-state index in [0.29, 0.717) is 0 Å². The van der Waals surface area contributed by atoms with Gasteiger partial charge in [0.2, 0.25) is 0 Å². The standard InChI is InChI=1S/C44H29N3S/c1-3-12-28(13-4-1)30-22-25-39-37(27-30)34-23-24-35-33-18-8-10-21-40(33)48-43(35)42(34)47(39)32-17-11-16-31(26-32)44-45-38-20-9-7-19-36(38)41(46-44)29-14-5-2-6-15-29/h1-27,44-45H. The molecule has 0 bridgehead atoms. The average molecular weight is 632 g/mol. The van der Waals surface area contributed by atoms with Crippen LogP contribution >= 0.6 is 11.3 Å². The highest BCUT2D eigenvalue weighted by Crippen LogP contribution is 2.44. The largest absolute Gasteiger partial charge is 0.360 e. The van der Waals surface area contributed by atoms with E-state index in [0.717, 1.165) is 33.8 Å². The summed E-state index contributed by atoms with van der Waals surface area (Å²) in [6.45, 7) is 0. The summed E-state index contributed by atoms with van der Waals surface area (Å²) < 4.78 is 5.09. The SMILES string of the molecule is c1ccc(C2=NC(c3cccc(-n4c5ccc(-c6ccccc6)cc5c5ccc6c7ccccc7sc6c54)c3)Nc3ccccc32)cc1. The zero-order valence-electron chi connectivity index (χ0n) is 26.0. The lowest BCUT2D eigenvalue weighted by atomic mass is 9.97. The van der Waals surface area contributed by atoms with Gasteiger partial charge in [0, 0.05) is 48.7 Å². The Bertz CT molecular complexity index is 2700. The van der Waals surface area contributed by atoms with Crippen LogP contribution in [0.2, 0.25) is 0 Å². The van der Waals surface area contributed by atoms with Gasteiger partial charge in [-0.3, -0.25) is 4.99 Å². The van der Waals surface area contributed by atoms with Crippen molar-refractivity contribution < 1.29 is 0 Å². The van der Waals surface area contributed by atoms with E-state index in [4.69, 9.17) is 4.99 Å². The molecule has 1 aliphatic rings. The molecule has 3 nitrogen and oxygen atoms in total. The summed E-state index contributed by atoms with van der Waals surface area (Å²) in [4.78, 5) is 5.33. The minimum absolute atomic E-state index is 0.225. The van der Waals surface area contributed by atoms with Gasteiger partial charge in [0.25, 0.3) is 0 Å². The number of benzene rings is 7. The van der Waals surface area contributed by atoms with Crippen molar-refractivity contribution in [3.05, 3.63) is 180 Å². The highest BCUT2D eigenvalue weighted by atomic mass is 32.1. The number of aromatic nitrogens is 1. The fourth-order valence-corrected chi connectivity index (χ4v) is 8.61. The molecule has 0 aliphatic carbocycles. The topological polar surface area (TPSA) is 29.3 Å². The fraction of sp³-hybridized carbons (Fsp3) is 0.0227. The van der Waals surface area contributed by atoms with E-state index in [1.807, 2.05) is 11.3 Å². The maximum absolute atomic E-state index is 5.33. The summed E-state index contributed by atoms with van der Waals surface area (Å²) in [5.41, 5.74) is 11.5. The van der Waals surface area contributed by atoms with Crippen molar-refractivity contribution in [2.75, 3.05) is 5.32 Å². The molecular weight excluding hydrogens is 603 g/mol. The molecule has 0 spiro atoms. The molecule has 7 aromatic carbocycles. The summed E-state index contributed by atoms with van der Waals surface area (Å²) in [6.07, 6.45) is -0.225. The van der Waals surface area contributed by atoms with Gasteiger partial charge in [-0.25, -0.2) is 0 Å². The number of para-hydroxylation sites is 1. The van der Waals surface area contributed by atoms with E-state index < -0.39 is 0 Å². The van der Waals surface area contributed by atoms with Crippen molar-refractivity contribution in [2.45, 2.75) is 6.17 Å². The molecule has 226 valence electrons. The second-order valence-corrected chi connectivity index (χ2v) is 13.5. The van der Waals surface area contributed by atoms with Gasteiger partial charge >= 0.3 is 0 Å². The molecule has 4 heteroatoms. The normalized spacial score (nSPS) is 14.3. The number of nitrogens with zero attached hydrogens (tertiary/aromatic N) is 2. The van der Waals surface area contributed by atoms with Crippen molar-refractivity contribution in [3.8, 4) is 16.8 Å². The van der Waals surface area contributed by atoms with Crippen LogP contribution in [-0.4, -0.2) is 10.3 Å². The Labute approximate surface area is 282 Å². The molecule has 1 unspecified atom stereocenters. The predicted octanol–water partition coefficient (Wildman–Crippen LogP) is 11.8. The summed E-state index contributed by atoms with van der Waals surface area (Å²) in [6, 6.07) is 58.9. The maximum Gasteiger partial charge on any atom is 0.145 e. The van der Waals surface area contributed by atoms with Crippen molar-refractivity contribution in [3.63, 3.8) is 0 Å². The van der Waals surface area contributed by atoms with Crippen LogP contribution in [0.15, 0.2) is 169 Å². The summed E-state index contributed by atoms with van der Waals surface area (Å²) >= 11 is 1.88. The minimum Gasteiger partial charge on any atom is -0.360 e. The number of aliphatic imine (C=N–C) groups is 1. The third-order valence-electron chi connectivity index (χ3n) is 9.60. The summed E-state index contributed by atoms with van der Waals surface area (Å²) in [5, 5.41) is 8.87. The van der Waals surface area contributed by atoms with Gasteiger partial charge in [-0.05, 0) is 53.1 Å². The third-order valence-corrected chi connectivity index (χ3v) is 10.8. The van der Waals surface area contributed by atoms with E-state index in [9.17, 15) is 0 Å². The Morgan fingerprint density at radius 2 is 1.29 bits per heavy atom. The highest BCUT2D eigenvalue weighted by Gasteiger charge is 2.24. The number of hydrogen-bond acceptors (Lipinski definition) is 3. The molecule has 0 saturated carbocycles. The van der Waals surface area contributed by atoms with E-state index in [2.05, 4.69) is 174 Å². The van der Waals surface area contributed by atoms with Gasteiger partial charge in [0.05, 0.1) is 21.4 Å². The first kappa shape index (κ1) is 27.2. The molecule has 48 heavy (non-hydrogen) atoms. The number of fused-ring (bicyclic) bond motifs is 8. The molecule has 9 aromatic rings. The van der Waals surface area contributed by atoms with E-state index in [-0.39, 0.29) is 6.17 Å². The predicted molar refractivity (Wildman–Crippen MR) is 204 cm³/mol. The Hall–Kier alpha value is -5.97. The number of rotatable bonds is 4. The van der Waals surface area contributed by atoms with Crippen molar-refractivity contribution >= 4 is 64.7 Å². The third kappa shape index (κ3) is 4.23. The van der Waals surface area contributed by atoms with Crippen LogP contribution < -0.4 is 5.32 Å². The van der Waals surface area contributed by atoms with E-state index >= 15 is 0 Å². The molecule has 3 heterocycles. The first-order valence-corrected chi connectivity index (χ1v) is 17.2. The minimum atomic E-state index is -0.225. The molecule has 0 radical (unpaired) electrons. The number of anilines is 1. The molecule has 10 rings (SSSR count). The Morgan fingerprint density at radius 3 is 2.17 bits per heavy atom. The second-order valence-electron chi connectivity index (χ2n) is 12.4. The summed E-state index contributed by atoms with van der Waals surface area (Å²) in [5.74, 6) is 0. The van der Waals surface area contributed by atoms with Gasteiger partial charge in [-0.2, -0.15) is 0 Å². The quantitative estimate of drug-likeness (QED) is 0.206. The number of thiophene rings is 1. The van der Waals surface area contributed by atoms with Crippen LogP contribution in [0.4, 0.5) is 5.69 Å². The first-order valence-electron chi connectivity index (χ1n) is 16.3. The van der Waals surface area contributed by atoms with Gasteiger partial charge in [-0.1, -0.05) is 127 Å². The van der Waals surface area contributed by atoms with Crippen LogP contribution in [0.5, 0.6) is 0 Å². The van der Waals surface area contributed by atoms with Crippen LogP contribution in [0.3, 0.4) is 0 Å². The molecule has 0 amide bonds. The molecule has 1 N–H and O–H groups in total. The van der Waals surface area contributed by atoms with Crippen LogP contribution in [-0.2, 0) is 0 Å². The first-order chi connectivity index (χ1) is 23.8. The lowest BCUT2D eigenvalue weighted by Gasteiger charge is -2.26. The molecule has 0 saturated heterocycles. The van der Waals surface area contributed by atoms with Crippen molar-refractivity contribution in [1.82, 2.24) is 4.57 Å². The lowest BCUT2D eigenvalue weighted by Crippen LogP contribution is -2.20. The molecule has 1 aliphatic heterocycles. The smallest absolute Gasteiger partial charge is 0.145 e. The summed E-state index contributed by atoms with van der Waals surface area (Å²) in [7, 11) is 0. The highest BCUT2D eigenvalue weighted by molar-refractivity contribution is 7.26. The van der Waals surface area contributed by atoms with Gasteiger partial charge < -0.3 is 9.88 Å². The zero-order valence-corrected chi connectivity index (χ0v) is 26.8. The average Bonchev–Trinajstić information content (AvgIpc) is 3.71. The Morgan fingerprint density at radius 1 is 0.542 bits per heavy atom. The molecule has 2 aromatic heterocycles. The van der Waals surface area contributed by atoms with Crippen molar-refractivity contribution in [1.29, 1.82) is 0 Å². The molecule has 1 atom stereocenters. The maximum atomic E-state index is 5.33. The molecule has 0 fully saturated rings. The second kappa shape index (κ2) is 10.8. The zero-order chi connectivity index (χ0) is 31.6. The number of nitrogens with one attached hydrogen (secondary N) is 1. The van der Waals surface area contributed by atoms with Gasteiger partial charge in [0.15, 0.2) is 0 Å². The van der Waals surface area contributed by atoms with E-state index in [1.165, 1.54) is 53.1 Å². The van der Waals surface area contributed by atoms with Gasteiger partial charge in [-0.15, -0.1) is 11.3 Å². The lowest BCUT2D eigenvalue weighted by molar-refractivity contribution is 0.827.